The van der Waals surface area contributed by atoms with Crippen LogP contribution >= 0.6 is 0 Å². The quantitative estimate of drug-likeness (QED) is 0.0526. The van der Waals surface area contributed by atoms with Crippen LogP contribution in [0.1, 0.15) is 144 Å². The van der Waals surface area contributed by atoms with Crippen molar-refractivity contribution in [1.82, 2.24) is 0 Å². The van der Waals surface area contributed by atoms with Gasteiger partial charge in [0.25, 0.3) is 0 Å². The number of rotatable bonds is 19. The lowest BCUT2D eigenvalue weighted by Crippen LogP contribution is -2.55. The minimum atomic E-state index is -4.61. The summed E-state index contributed by atoms with van der Waals surface area (Å²) in [7, 11) is 0. The van der Waals surface area contributed by atoms with Gasteiger partial charge in [0.1, 0.15) is 44.1 Å². The molecular formula is C45H64F6O12. The molecule has 0 aromatic carbocycles. The minimum Gasteiger partial charge on any atom is -0.462 e. The molecule has 0 radical (unpaired) electrons. The van der Waals surface area contributed by atoms with E-state index in [9.17, 15) is 55.1 Å². The van der Waals surface area contributed by atoms with Gasteiger partial charge in [-0.25, -0.2) is 14.4 Å². The summed E-state index contributed by atoms with van der Waals surface area (Å²) in [5, 5.41) is 0. The summed E-state index contributed by atoms with van der Waals surface area (Å²) in [6, 6.07) is 0. The maximum atomic E-state index is 14.4. The molecule has 8 bridgehead atoms. The Morgan fingerprint density at radius 3 is 1.06 bits per heavy atom. The smallest absolute Gasteiger partial charge is 0.377 e. The maximum absolute atomic E-state index is 14.4. The molecule has 8 aliphatic rings. The third kappa shape index (κ3) is 12.6. The van der Waals surface area contributed by atoms with Gasteiger partial charge in [0.2, 0.25) is 0 Å². The van der Waals surface area contributed by atoms with Gasteiger partial charge in [-0.05, 0) is 153 Å². The fourth-order valence-corrected chi connectivity index (χ4v) is 11.0. The fourth-order valence-electron chi connectivity index (χ4n) is 11.0. The van der Waals surface area contributed by atoms with E-state index in [2.05, 4.69) is 9.47 Å². The number of alkyl halides is 6. The van der Waals surface area contributed by atoms with Crippen LogP contribution in [0.2, 0.25) is 0 Å². The zero-order chi connectivity index (χ0) is 46.8. The van der Waals surface area contributed by atoms with Gasteiger partial charge in [0.05, 0.1) is 17.3 Å². The average Bonchev–Trinajstić information content (AvgIpc) is 3.15. The zero-order valence-electron chi connectivity index (χ0n) is 37.3. The topological polar surface area (TPSA) is 158 Å². The minimum absolute atomic E-state index is 0.311. The van der Waals surface area contributed by atoms with Gasteiger partial charge >= 0.3 is 53.6 Å². The second-order valence-electron chi connectivity index (χ2n) is 20.6. The van der Waals surface area contributed by atoms with Crippen LogP contribution in [0.25, 0.3) is 0 Å². The summed E-state index contributed by atoms with van der Waals surface area (Å²) in [5.74, 6) is -18.9. The first-order valence-corrected chi connectivity index (χ1v) is 22.4. The standard InChI is InChI=1S/C23H32F4O6.C22H32F2O6/c1-4-20(2,3)17(28)31-5-6-32-18(29)22(24,25)13-23(26,27)19(30)33-21-10-14-7-15(11-21)9-16(8-14)12-21;1-4-20(2,3)18(26)28-5-6-29-19(27)22(23,24)13-17(25)30-21-10-14-7-15(11-21)9-16(8-14)12-21/h14-16H,4-13H2,1-3H3;14-16H,4-13H2,1-3H3. The first kappa shape index (κ1) is 50.4. The highest BCUT2D eigenvalue weighted by Gasteiger charge is 2.59. The molecule has 0 spiro atoms. The largest absolute Gasteiger partial charge is 0.462 e. The lowest BCUT2D eigenvalue weighted by molar-refractivity contribution is -0.220. The molecule has 8 aliphatic carbocycles. The summed E-state index contributed by atoms with van der Waals surface area (Å²) < 4.78 is 115. The van der Waals surface area contributed by atoms with E-state index < -0.39 is 108 Å². The Labute approximate surface area is 364 Å². The van der Waals surface area contributed by atoms with Gasteiger partial charge in [-0.3, -0.25) is 14.4 Å². The first-order chi connectivity index (χ1) is 29.1. The highest BCUT2D eigenvalue weighted by atomic mass is 19.3. The number of halogens is 6. The molecule has 0 heterocycles. The van der Waals surface area contributed by atoms with Crippen molar-refractivity contribution in [2.75, 3.05) is 26.4 Å². The first-order valence-electron chi connectivity index (χ1n) is 22.4. The number of carbonyl (C=O) groups excluding carboxylic acids is 6. The van der Waals surface area contributed by atoms with Gasteiger partial charge in [0.15, 0.2) is 0 Å². The highest BCUT2D eigenvalue weighted by Crippen LogP contribution is 2.58. The van der Waals surface area contributed by atoms with E-state index in [1.165, 1.54) is 0 Å². The second kappa shape index (κ2) is 19.1. The normalized spacial score (nSPS) is 29.5. The predicted molar refractivity (Wildman–Crippen MR) is 210 cm³/mol. The summed E-state index contributed by atoms with van der Waals surface area (Å²) in [6.07, 6.45) is 7.37. The van der Waals surface area contributed by atoms with E-state index in [0.717, 1.165) is 57.8 Å². The number of hydrogen-bond donors (Lipinski definition) is 0. The molecular weight excluding hydrogens is 846 g/mol. The molecule has 8 saturated carbocycles. The zero-order valence-corrected chi connectivity index (χ0v) is 37.3. The fraction of sp³-hybridized carbons (Fsp3) is 0.867. The van der Waals surface area contributed by atoms with Crippen molar-refractivity contribution >= 4 is 35.8 Å². The van der Waals surface area contributed by atoms with Crippen molar-refractivity contribution < 1.29 is 83.5 Å². The lowest BCUT2D eigenvalue weighted by atomic mass is 9.54. The van der Waals surface area contributed by atoms with Crippen LogP contribution in [-0.4, -0.2) is 91.2 Å². The van der Waals surface area contributed by atoms with Crippen molar-refractivity contribution in [1.29, 1.82) is 0 Å². The van der Waals surface area contributed by atoms with Gasteiger partial charge in [0, 0.05) is 0 Å². The van der Waals surface area contributed by atoms with Crippen molar-refractivity contribution in [2.45, 2.75) is 173 Å². The van der Waals surface area contributed by atoms with Gasteiger partial charge in [-0.15, -0.1) is 0 Å². The van der Waals surface area contributed by atoms with Crippen molar-refractivity contribution in [3.63, 3.8) is 0 Å². The molecule has 12 nitrogen and oxygen atoms in total. The Bertz CT molecular complexity index is 1640. The predicted octanol–water partition coefficient (Wildman–Crippen LogP) is 8.73. The van der Waals surface area contributed by atoms with E-state index in [1.54, 1.807) is 34.6 Å². The van der Waals surface area contributed by atoms with Gasteiger partial charge in [-0.2, -0.15) is 26.3 Å². The van der Waals surface area contributed by atoms with Crippen LogP contribution in [0.15, 0.2) is 0 Å². The van der Waals surface area contributed by atoms with Gasteiger partial charge < -0.3 is 28.4 Å². The molecule has 0 saturated heterocycles. The van der Waals surface area contributed by atoms with Crippen molar-refractivity contribution in [3.05, 3.63) is 0 Å². The Balaban J connectivity index is 0.000000239. The van der Waals surface area contributed by atoms with Crippen LogP contribution in [0.5, 0.6) is 0 Å². The number of ether oxygens (including phenoxy) is 6. The van der Waals surface area contributed by atoms with E-state index >= 15 is 0 Å². The molecule has 0 unspecified atom stereocenters. The highest BCUT2D eigenvalue weighted by molar-refractivity contribution is 5.84. The number of carbonyl (C=O) groups is 6. The Hall–Kier alpha value is -3.60. The molecule has 0 N–H and O–H groups in total. The molecule has 0 aromatic heterocycles. The van der Waals surface area contributed by atoms with E-state index in [4.69, 9.17) is 18.9 Å². The summed E-state index contributed by atoms with van der Waals surface area (Å²) in [4.78, 5) is 71.5. The van der Waals surface area contributed by atoms with E-state index in [-0.39, 0.29) is 6.61 Å². The summed E-state index contributed by atoms with van der Waals surface area (Å²) in [5.41, 5.74) is -3.14. The SMILES string of the molecule is CCC(C)(C)C(=O)OCCOC(=O)C(F)(F)CC(=O)OC12CC3CC(CC(C3)C1)C2.CCC(C)(C)C(=O)OCCOC(=O)C(F)(F)CC(F)(F)C(=O)OC12CC3CC(CC(C3)C1)C2. The van der Waals surface area contributed by atoms with Crippen LogP contribution in [0.3, 0.4) is 0 Å². The second-order valence-corrected chi connectivity index (χ2v) is 20.6. The van der Waals surface area contributed by atoms with Crippen LogP contribution in [0, 0.1) is 46.3 Å². The van der Waals surface area contributed by atoms with E-state index in [0.29, 0.717) is 67.6 Å². The third-order valence-electron chi connectivity index (χ3n) is 14.3. The summed E-state index contributed by atoms with van der Waals surface area (Å²) >= 11 is 0. The molecule has 0 atom stereocenters. The monoisotopic (exact) mass is 910 g/mol. The third-order valence-corrected chi connectivity index (χ3v) is 14.3. The summed E-state index contributed by atoms with van der Waals surface area (Å²) in [6.45, 7) is 8.21. The van der Waals surface area contributed by atoms with Gasteiger partial charge in [-0.1, -0.05) is 13.8 Å². The molecule has 0 aromatic rings. The lowest BCUT2D eigenvalue weighted by Gasteiger charge is -2.55. The Morgan fingerprint density at radius 1 is 0.444 bits per heavy atom. The molecule has 358 valence electrons. The molecule has 18 heteroatoms. The van der Waals surface area contributed by atoms with Crippen molar-refractivity contribution in [3.8, 4) is 0 Å². The molecule has 0 amide bonds. The van der Waals surface area contributed by atoms with Crippen LogP contribution in [-0.2, 0) is 57.2 Å². The van der Waals surface area contributed by atoms with Crippen LogP contribution < -0.4 is 0 Å². The molecule has 0 aliphatic heterocycles. The number of hydrogen-bond acceptors (Lipinski definition) is 12. The van der Waals surface area contributed by atoms with E-state index in [1.807, 2.05) is 6.92 Å². The maximum Gasteiger partial charge on any atom is 0.377 e. The Morgan fingerprint density at radius 2 is 0.730 bits per heavy atom. The molecule has 63 heavy (non-hydrogen) atoms. The molecule has 8 fully saturated rings. The Kier molecular flexibility index (Phi) is 15.3. The van der Waals surface area contributed by atoms with Crippen molar-refractivity contribution in [2.24, 2.45) is 46.3 Å². The number of esters is 6. The molecule has 8 rings (SSSR count). The van der Waals surface area contributed by atoms with Crippen LogP contribution in [0.4, 0.5) is 26.3 Å². The average molecular weight is 911 g/mol.